The van der Waals surface area contributed by atoms with Crippen LogP contribution in [0, 0.1) is 11.3 Å². The van der Waals surface area contributed by atoms with Crippen molar-refractivity contribution in [3.63, 3.8) is 0 Å². The lowest BCUT2D eigenvalue weighted by molar-refractivity contribution is -0.130. The van der Waals surface area contributed by atoms with Crippen LogP contribution in [0.1, 0.15) is 19.8 Å². The Morgan fingerprint density at radius 3 is 2.56 bits per heavy atom. The number of nitrogens with zero attached hydrogens (tertiary/aromatic N) is 3. The Morgan fingerprint density at radius 2 is 2.06 bits per heavy atom. The molecule has 0 aromatic carbocycles. The van der Waals surface area contributed by atoms with Crippen LogP contribution < -0.4 is 0 Å². The normalized spacial score (nSPS) is 12.2. The number of carbonyl (C=O) groups excluding carboxylic acids is 1. The fraction of sp³-hybridized carbons (Fsp3) is 0.818. The maximum Gasteiger partial charge on any atom is 0.223 e. The number of hydrogen-bond acceptors (Lipinski definition) is 4. The topological polar surface area (TPSA) is 67.6 Å². The van der Waals surface area contributed by atoms with Gasteiger partial charge in [0.05, 0.1) is 19.1 Å². The van der Waals surface area contributed by atoms with Gasteiger partial charge in [-0.3, -0.25) is 4.79 Å². The molecule has 1 unspecified atom stereocenters. The molecular weight excluding hydrogens is 206 g/mol. The molecule has 0 bridgehead atoms. The van der Waals surface area contributed by atoms with E-state index in [1.165, 1.54) is 0 Å². The molecule has 0 aromatic heterocycles. The van der Waals surface area contributed by atoms with Crippen molar-refractivity contribution in [3.8, 4) is 6.07 Å². The van der Waals surface area contributed by atoms with E-state index >= 15 is 0 Å². The van der Waals surface area contributed by atoms with E-state index in [-0.39, 0.29) is 18.6 Å². The third kappa shape index (κ3) is 5.69. The lowest BCUT2D eigenvalue weighted by Crippen LogP contribution is -2.36. The molecule has 1 amide bonds. The van der Waals surface area contributed by atoms with Gasteiger partial charge in [-0.25, -0.2) is 0 Å². The van der Waals surface area contributed by atoms with Crippen LogP contribution in [0.2, 0.25) is 0 Å². The summed E-state index contributed by atoms with van der Waals surface area (Å²) in [4.78, 5) is 15.1. The molecule has 0 saturated heterocycles. The Morgan fingerprint density at radius 1 is 1.44 bits per heavy atom. The molecular formula is C11H21N3O2. The molecule has 1 atom stereocenters. The third-order valence-corrected chi connectivity index (χ3v) is 2.68. The number of nitriles is 1. The van der Waals surface area contributed by atoms with Gasteiger partial charge in [-0.15, -0.1) is 0 Å². The predicted octanol–water partition coefficient (Wildman–Crippen LogP) is 0.0612. The number of aliphatic hydroxyl groups is 1. The smallest absolute Gasteiger partial charge is 0.223 e. The second kappa shape index (κ2) is 8.08. The Bertz CT molecular complexity index is 250. The minimum atomic E-state index is 0.0345. The van der Waals surface area contributed by atoms with E-state index in [0.29, 0.717) is 25.9 Å². The molecule has 0 radical (unpaired) electrons. The number of rotatable bonds is 7. The van der Waals surface area contributed by atoms with E-state index in [2.05, 4.69) is 0 Å². The molecule has 0 heterocycles. The summed E-state index contributed by atoms with van der Waals surface area (Å²) >= 11 is 0. The van der Waals surface area contributed by atoms with Gasteiger partial charge in [-0.1, -0.05) is 0 Å². The van der Waals surface area contributed by atoms with Crippen molar-refractivity contribution < 1.29 is 9.90 Å². The van der Waals surface area contributed by atoms with Crippen molar-refractivity contribution in [2.24, 2.45) is 0 Å². The summed E-state index contributed by atoms with van der Waals surface area (Å²) in [5.74, 6) is 0.0345. The van der Waals surface area contributed by atoms with Crippen LogP contribution in [0.5, 0.6) is 0 Å². The lowest BCUT2D eigenvalue weighted by Gasteiger charge is -2.23. The molecule has 5 heteroatoms. The third-order valence-electron chi connectivity index (χ3n) is 2.68. The molecule has 16 heavy (non-hydrogen) atoms. The zero-order valence-corrected chi connectivity index (χ0v) is 10.3. The maximum absolute atomic E-state index is 11.6. The zero-order valence-electron chi connectivity index (χ0n) is 10.3. The molecule has 0 spiro atoms. The first-order valence-corrected chi connectivity index (χ1v) is 5.45. The number of amides is 1. The summed E-state index contributed by atoms with van der Waals surface area (Å²) in [6, 6.07) is 2.08. The first kappa shape index (κ1) is 14.9. The van der Waals surface area contributed by atoms with Gasteiger partial charge in [0.2, 0.25) is 5.91 Å². The average Bonchev–Trinajstić information content (AvgIpc) is 2.31. The highest BCUT2D eigenvalue weighted by Gasteiger charge is 2.12. The first-order chi connectivity index (χ1) is 7.52. The Labute approximate surface area is 97.3 Å². The van der Waals surface area contributed by atoms with Gasteiger partial charge in [-0.2, -0.15) is 5.26 Å². The Hall–Kier alpha value is -1.12. The van der Waals surface area contributed by atoms with Crippen molar-refractivity contribution >= 4 is 5.91 Å². The molecule has 5 nitrogen and oxygen atoms in total. The van der Waals surface area contributed by atoms with E-state index in [4.69, 9.17) is 10.4 Å². The van der Waals surface area contributed by atoms with Gasteiger partial charge in [0.15, 0.2) is 0 Å². The highest BCUT2D eigenvalue weighted by atomic mass is 16.3. The van der Waals surface area contributed by atoms with Crippen LogP contribution in [0.4, 0.5) is 0 Å². The lowest BCUT2D eigenvalue weighted by atomic mass is 10.2. The van der Waals surface area contributed by atoms with Crippen LogP contribution in [0.25, 0.3) is 0 Å². The minimum absolute atomic E-state index is 0.0345. The van der Waals surface area contributed by atoms with Gasteiger partial charge < -0.3 is 14.9 Å². The number of carbonyl (C=O) groups is 1. The highest BCUT2D eigenvalue weighted by molar-refractivity contribution is 5.76. The minimum Gasteiger partial charge on any atom is -0.395 e. The van der Waals surface area contributed by atoms with E-state index in [1.807, 2.05) is 24.9 Å². The van der Waals surface area contributed by atoms with Crippen LogP contribution >= 0.6 is 0 Å². The second-order valence-electron chi connectivity index (χ2n) is 3.99. The predicted molar refractivity (Wildman–Crippen MR) is 61.7 cm³/mol. The highest BCUT2D eigenvalue weighted by Crippen LogP contribution is 1.99. The zero-order chi connectivity index (χ0) is 12.6. The first-order valence-electron chi connectivity index (χ1n) is 5.45. The second-order valence-corrected chi connectivity index (χ2v) is 3.99. The standard InChI is InChI=1S/C11H21N3O2/c1-10(9-15)13(2)8-5-11(16)14(3)7-4-6-12/h10,15H,4-5,7-9H2,1-3H3. The SMILES string of the molecule is CC(CO)N(C)CCC(=O)N(C)CCC#N. The van der Waals surface area contributed by atoms with Gasteiger partial charge >= 0.3 is 0 Å². The van der Waals surface area contributed by atoms with E-state index < -0.39 is 0 Å². The summed E-state index contributed by atoms with van der Waals surface area (Å²) in [6.07, 6.45) is 0.786. The molecule has 0 aliphatic heterocycles. The largest absolute Gasteiger partial charge is 0.395 e. The molecule has 92 valence electrons. The van der Waals surface area contributed by atoms with E-state index in [9.17, 15) is 4.79 Å². The summed E-state index contributed by atoms with van der Waals surface area (Å²) in [7, 11) is 3.58. The monoisotopic (exact) mass is 227 g/mol. The van der Waals surface area contributed by atoms with Crippen LogP contribution in [0.3, 0.4) is 0 Å². The van der Waals surface area contributed by atoms with Crippen LogP contribution in [-0.2, 0) is 4.79 Å². The number of likely N-dealkylation sites (N-methyl/N-ethyl adjacent to an activating group) is 1. The fourth-order valence-corrected chi connectivity index (χ4v) is 1.17. The van der Waals surface area contributed by atoms with Gasteiger partial charge in [0, 0.05) is 32.6 Å². The fourth-order valence-electron chi connectivity index (χ4n) is 1.17. The number of aliphatic hydroxyl groups excluding tert-OH is 1. The van der Waals surface area contributed by atoms with Gasteiger partial charge in [0.1, 0.15) is 0 Å². The molecule has 1 N–H and O–H groups in total. The van der Waals surface area contributed by atoms with Crippen LogP contribution in [-0.4, -0.2) is 60.6 Å². The van der Waals surface area contributed by atoms with Crippen molar-refractivity contribution in [1.29, 1.82) is 5.26 Å². The quantitative estimate of drug-likeness (QED) is 0.668. The molecule has 0 aliphatic rings. The summed E-state index contributed by atoms with van der Waals surface area (Å²) < 4.78 is 0. The Balaban J connectivity index is 3.84. The van der Waals surface area contributed by atoms with Crippen molar-refractivity contribution in [2.45, 2.75) is 25.8 Å². The van der Waals surface area contributed by atoms with Crippen molar-refractivity contribution in [1.82, 2.24) is 9.80 Å². The summed E-state index contributed by atoms with van der Waals surface area (Å²) in [5.41, 5.74) is 0. The summed E-state index contributed by atoms with van der Waals surface area (Å²) in [6.45, 7) is 3.10. The number of hydrogen-bond donors (Lipinski definition) is 1. The van der Waals surface area contributed by atoms with Crippen LogP contribution in [0.15, 0.2) is 0 Å². The van der Waals surface area contributed by atoms with Gasteiger partial charge in [-0.05, 0) is 14.0 Å². The molecule has 0 saturated carbocycles. The molecule has 0 aromatic rings. The van der Waals surface area contributed by atoms with Crippen molar-refractivity contribution in [2.75, 3.05) is 33.8 Å². The average molecular weight is 227 g/mol. The Kier molecular flexibility index (Phi) is 7.52. The summed E-state index contributed by atoms with van der Waals surface area (Å²) in [5, 5.41) is 17.3. The van der Waals surface area contributed by atoms with E-state index in [1.54, 1.807) is 11.9 Å². The molecule has 0 fully saturated rings. The van der Waals surface area contributed by atoms with Gasteiger partial charge in [0.25, 0.3) is 0 Å². The van der Waals surface area contributed by atoms with Crippen molar-refractivity contribution in [3.05, 3.63) is 0 Å². The molecule has 0 aliphatic carbocycles. The van der Waals surface area contributed by atoms with E-state index in [0.717, 1.165) is 0 Å². The maximum atomic E-state index is 11.6. The molecule has 0 rings (SSSR count).